The van der Waals surface area contributed by atoms with Crippen molar-refractivity contribution in [2.45, 2.75) is 82.5 Å². The van der Waals surface area contributed by atoms with Gasteiger partial charge in [0, 0.05) is 58.6 Å². The first-order valence-electron chi connectivity index (χ1n) is 17.7. The number of hydrogen-bond donors (Lipinski definition) is 1. The first-order valence-corrected chi connectivity index (χ1v) is 19.2. The fraction of sp³-hybridized carbons (Fsp3) is 0.622. The van der Waals surface area contributed by atoms with Crippen LogP contribution >= 0.6 is 0 Å². The second-order valence-electron chi connectivity index (χ2n) is 14.6. The highest BCUT2D eigenvalue weighted by atomic mass is 32.2. The molecule has 1 aliphatic heterocycles. The Labute approximate surface area is 296 Å². The second kappa shape index (κ2) is 15.1. The normalized spacial score (nSPS) is 28.4. The van der Waals surface area contributed by atoms with Gasteiger partial charge in [-0.15, -0.1) is 0 Å². The maximum Gasteiger partial charge on any atom is 0.453 e. The highest BCUT2D eigenvalue weighted by molar-refractivity contribution is 7.84. The largest absolute Gasteiger partial charge is 0.453 e. The Hall–Kier alpha value is -3.13. The quantitative estimate of drug-likeness (QED) is 0.234. The monoisotopic (exact) mass is 742 g/mol. The average molecular weight is 743 g/mol. The first-order chi connectivity index (χ1) is 24.2. The molecule has 3 fully saturated rings. The van der Waals surface area contributed by atoms with Gasteiger partial charge < -0.3 is 14.4 Å². The minimum atomic E-state index is -5.64. The lowest BCUT2D eigenvalue weighted by Crippen LogP contribution is -2.46. The van der Waals surface area contributed by atoms with Gasteiger partial charge in [-0.25, -0.2) is 9.18 Å². The van der Waals surface area contributed by atoms with Crippen molar-refractivity contribution >= 4 is 34.1 Å². The molecule has 0 aromatic heterocycles. The van der Waals surface area contributed by atoms with Crippen molar-refractivity contribution < 1.29 is 49.6 Å². The molecule has 1 amide bonds. The van der Waals surface area contributed by atoms with E-state index in [-0.39, 0.29) is 47.4 Å². The van der Waals surface area contributed by atoms with Crippen LogP contribution in [0.25, 0.3) is 0 Å². The van der Waals surface area contributed by atoms with Crippen molar-refractivity contribution in [3.8, 4) is 5.75 Å². The summed E-state index contributed by atoms with van der Waals surface area (Å²) in [5.41, 5.74) is 2.88. The van der Waals surface area contributed by atoms with Crippen LogP contribution in [0.1, 0.15) is 68.9 Å². The van der Waals surface area contributed by atoms with E-state index in [4.69, 9.17) is 9.47 Å². The summed E-state index contributed by atoms with van der Waals surface area (Å²) in [6.07, 6.45) is -6.79. The molecule has 1 heterocycles. The lowest BCUT2D eigenvalue weighted by atomic mass is 9.52. The number of anilines is 2. The Bertz CT molecular complexity index is 1600. The third-order valence-electron chi connectivity index (χ3n) is 11.5. The van der Waals surface area contributed by atoms with Crippen LogP contribution < -0.4 is 15.0 Å². The molecular weight excluding hydrogens is 698 g/mol. The number of ether oxygens (including phenoxy) is 2. The number of halogens is 6. The molecule has 0 radical (unpaired) electrons. The standard InChI is InChI=1S/C37H44F6N2O5S/c1-35-13-11-29-28-10-9-27(50-34(47)44-25-5-7-26(8-6-25)45-14-16-49-17-15-45)21-24(28)20-23(32(29)30(35)22-31(38)33(35)46)4-2-18-51(48)19-3-12-36(39,40)37(41,42)43/h5-10,21,23,29-32H,2-4,11-20,22H2,1H3,(H,44,47)/t23-,29-,30+,31?,32-,35+,51?/m1/s1. The number of alkyl halides is 6. The van der Waals surface area contributed by atoms with Gasteiger partial charge in [-0.2, -0.15) is 22.0 Å². The molecule has 6 rings (SSSR count). The van der Waals surface area contributed by atoms with Crippen LogP contribution in [0.4, 0.5) is 42.5 Å². The molecule has 7 atom stereocenters. The smallest absolute Gasteiger partial charge is 0.410 e. The van der Waals surface area contributed by atoms with Gasteiger partial charge in [0.1, 0.15) is 5.75 Å². The number of amides is 1. The summed E-state index contributed by atoms with van der Waals surface area (Å²) in [4.78, 5) is 28.1. The van der Waals surface area contributed by atoms with Crippen molar-refractivity contribution in [2.75, 3.05) is 48.0 Å². The van der Waals surface area contributed by atoms with Crippen molar-refractivity contribution in [3.05, 3.63) is 53.6 Å². The molecule has 4 aliphatic rings. The van der Waals surface area contributed by atoms with Gasteiger partial charge in [-0.1, -0.05) is 13.0 Å². The van der Waals surface area contributed by atoms with Crippen LogP contribution in [0.5, 0.6) is 5.75 Å². The second-order valence-corrected chi connectivity index (χ2v) is 16.3. The predicted octanol–water partition coefficient (Wildman–Crippen LogP) is 8.24. The van der Waals surface area contributed by atoms with E-state index in [9.17, 15) is 40.1 Å². The van der Waals surface area contributed by atoms with Crippen LogP contribution in [0.15, 0.2) is 42.5 Å². The molecule has 2 saturated carbocycles. The molecule has 280 valence electrons. The zero-order valence-electron chi connectivity index (χ0n) is 28.5. The maximum atomic E-state index is 14.9. The van der Waals surface area contributed by atoms with Gasteiger partial charge in [0.05, 0.1) is 13.2 Å². The Morgan fingerprint density at radius 2 is 1.76 bits per heavy atom. The summed E-state index contributed by atoms with van der Waals surface area (Å²) in [6.45, 7) is 4.77. The van der Waals surface area contributed by atoms with E-state index in [1.165, 1.54) is 0 Å². The highest BCUT2D eigenvalue weighted by Crippen LogP contribution is 2.62. The first kappa shape index (κ1) is 37.6. The van der Waals surface area contributed by atoms with E-state index in [0.717, 1.165) is 29.9 Å². The van der Waals surface area contributed by atoms with E-state index >= 15 is 0 Å². The molecule has 1 N–H and O–H groups in total. The zero-order chi connectivity index (χ0) is 36.6. The Kier molecular flexibility index (Phi) is 11.1. The summed E-state index contributed by atoms with van der Waals surface area (Å²) in [5.74, 6) is -5.11. The molecular formula is C37H44F6N2O5S. The van der Waals surface area contributed by atoms with E-state index in [1.54, 1.807) is 18.2 Å². The SMILES string of the molecule is C[C@]12CC[C@@H]3c4ccc(OC(=O)Nc5ccc(N6CCOCC6)cc5)cc4C[C@@H](CCCS(=O)CCCC(F)(F)C(F)(F)F)[C@H]3[C@@H]1CC(F)C2=O. The van der Waals surface area contributed by atoms with E-state index < -0.39 is 53.4 Å². The molecule has 3 aliphatic carbocycles. The van der Waals surface area contributed by atoms with Crippen molar-refractivity contribution in [1.82, 2.24) is 0 Å². The Morgan fingerprint density at radius 1 is 1.06 bits per heavy atom. The molecule has 0 bridgehead atoms. The van der Waals surface area contributed by atoms with Crippen LogP contribution in [0, 0.1) is 23.2 Å². The molecule has 1 saturated heterocycles. The lowest BCUT2D eigenvalue weighted by Gasteiger charge is -2.51. The topological polar surface area (TPSA) is 84.9 Å². The van der Waals surface area contributed by atoms with Crippen molar-refractivity contribution in [1.29, 1.82) is 0 Å². The minimum absolute atomic E-state index is 0.0182. The number of ketones is 1. The van der Waals surface area contributed by atoms with Gasteiger partial charge in [-0.3, -0.25) is 14.3 Å². The number of nitrogens with one attached hydrogen (secondary N) is 1. The summed E-state index contributed by atoms with van der Waals surface area (Å²) in [7, 11) is -1.58. The molecule has 2 unspecified atom stereocenters. The van der Waals surface area contributed by atoms with Gasteiger partial charge in [0.2, 0.25) is 0 Å². The van der Waals surface area contributed by atoms with Crippen LogP contribution in [0.2, 0.25) is 0 Å². The molecule has 7 nitrogen and oxygen atoms in total. The predicted molar refractivity (Wildman–Crippen MR) is 182 cm³/mol. The van der Waals surface area contributed by atoms with Crippen LogP contribution in [0.3, 0.4) is 0 Å². The number of morpholine rings is 1. The number of benzene rings is 2. The number of hydrogen-bond acceptors (Lipinski definition) is 6. The number of fused-ring (bicyclic) bond motifs is 5. The van der Waals surface area contributed by atoms with Gasteiger partial charge in [0.25, 0.3) is 0 Å². The van der Waals surface area contributed by atoms with E-state index in [1.807, 2.05) is 31.2 Å². The number of rotatable bonds is 11. The zero-order valence-corrected chi connectivity index (χ0v) is 29.3. The van der Waals surface area contributed by atoms with Gasteiger partial charge >= 0.3 is 18.2 Å². The Morgan fingerprint density at radius 3 is 2.47 bits per heavy atom. The lowest BCUT2D eigenvalue weighted by molar-refractivity contribution is -0.284. The molecule has 14 heteroatoms. The third kappa shape index (κ3) is 8.11. The fourth-order valence-electron chi connectivity index (χ4n) is 8.90. The maximum absolute atomic E-state index is 14.9. The fourth-order valence-corrected chi connectivity index (χ4v) is 10.1. The number of carbonyl (C=O) groups is 2. The third-order valence-corrected chi connectivity index (χ3v) is 13.0. The Balaban J connectivity index is 1.11. The summed E-state index contributed by atoms with van der Waals surface area (Å²) in [5, 5.41) is 2.76. The van der Waals surface area contributed by atoms with E-state index in [2.05, 4.69) is 10.2 Å². The van der Waals surface area contributed by atoms with Crippen molar-refractivity contribution in [2.24, 2.45) is 23.2 Å². The average Bonchev–Trinajstić information content (AvgIpc) is 3.32. The highest BCUT2D eigenvalue weighted by Gasteiger charge is 2.60. The van der Waals surface area contributed by atoms with Gasteiger partial charge in [0.15, 0.2) is 12.0 Å². The van der Waals surface area contributed by atoms with Crippen LogP contribution in [-0.2, 0) is 26.8 Å². The number of Topliss-reactive ketones (excluding diaryl/α,β-unsaturated/α-hetero) is 1. The molecule has 2 aromatic carbocycles. The number of carbonyl (C=O) groups excluding carboxylic acids is 2. The molecule has 51 heavy (non-hydrogen) atoms. The van der Waals surface area contributed by atoms with Gasteiger partial charge in [-0.05, 0) is 116 Å². The summed E-state index contributed by atoms with van der Waals surface area (Å²) in [6, 6.07) is 13.0. The molecule has 0 spiro atoms. The summed E-state index contributed by atoms with van der Waals surface area (Å²) < 4.78 is 103. The van der Waals surface area contributed by atoms with Crippen LogP contribution in [-0.4, -0.2) is 72.2 Å². The number of nitrogens with zero attached hydrogens (tertiary/aromatic N) is 1. The minimum Gasteiger partial charge on any atom is -0.410 e. The van der Waals surface area contributed by atoms with E-state index in [0.29, 0.717) is 56.8 Å². The molecule has 2 aromatic rings. The van der Waals surface area contributed by atoms with Crippen molar-refractivity contribution in [3.63, 3.8) is 0 Å². The summed E-state index contributed by atoms with van der Waals surface area (Å²) >= 11 is 0.